The molecule has 0 radical (unpaired) electrons. The van der Waals surface area contributed by atoms with E-state index in [4.69, 9.17) is 0 Å². The van der Waals surface area contributed by atoms with Gasteiger partial charge in [-0.25, -0.2) is 0 Å². The van der Waals surface area contributed by atoms with Crippen LogP contribution >= 0.6 is 0 Å². The SMILES string of the molecule is Cc1cc[c-]cc1.[Os].[c-]1ccccc1.[c-]1ccccc1. The van der Waals surface area contributed by atoms with Gasteiger partial charge in [0.05, 0.1) is 0 Å². The van der Waals surface area contributed by atoms with Crippen molar-refractivity contribution in [3.8, 4) is 0 Å². The predicted octanol–water partition coefficient (Wildman–Crippen LogP) is 4.77. The van der Waals surface area contributed by atoms with Crippen LogP contribution in [0, 0.1) is 25.1 Å². The molecule has 0 saturated heterocycles. The molecule has 3 rings (SSSR count). The third-order valence-corrected chi connectivity index (χ3v) is 2.10. The van der Waals surface area contributed by atoms with Crippen LogP contribution in [0.25, 0.3) is 0 Å². The molecule has 0 amide bonds. The van der Waals surface area contributed by atoms with Crippen molar-refractivity contribution in [3.05, 3.63) is 109 Å². The molecule has 0 heterocycles. The van der Waals surface area contributed by atoms with Crippen molar-refractivity contribution in [2.75, 3.05) is 0 Å². The van der Waals surface area contributed by atoms with Crippen LogP contribution < -0.4 is 0 Å². The van der Waals surface area contributed by atoms with Crippen molar-refractivity contribution in [2.24, 2.45) is 0 Å². The van der Waals surface area contributed by atoms with Gasteiger partial charge < -0.3 is 0 Å². The third-order valence-electron chi connectivity index (χ3n) is 2.10. The van der Waals surface area contributed by atoms with Gasteiger partial charge in [0, 0.05) is 19.8 Å². The van der Waals surface area contributed by atoms with Gasteiger partial charge in [-0.2, -0.15) is 109 Å². The van der Waals surface area contributed by atoms with E-state index in [1.807, 2.05) is 84.9 Å². The van der Waals surface area contributed by atoms with E-state index in [9.17, 15) is 0 Å². The first-order valence-electron chi connectivity index (χ1n) is 6.14. The summed E-state index contributed by atoms with van der Waals surface area (Å²) in [4.78, 5) is 0. The maximum absolute atomic E-state index is 2.93. The summed E-state index contributed by atoms with van der Waals surface area (Å²) >= 11 is 0. The van der Waals surface area contributed by atoms with Gasteiger partial charge in [0.15, 0.2) is 0 Å². The second kappa shape index (κ2) is 13.7. The van der Waals surface area contributed by atoms with E-state index in [0.717, 1.165) is 0 Å². The summed E-state index contributed by atoms with van der Waals surface area (Å²) in [6, 6.07) is 35.8. The van der Waals surface area contributed by atoms with Crippen molar-refractivity contribution >= 4 is 0 Å². The molecule has 104 valence electrons. The van der Waals surface area contributed by atoms with Gasteiger partial charge >= 0.3 is 0 Å². The van der Waals surface area contributed by atoms with E-state index < -0.39 is 0 Å². The topological polar surface area (TPSA) is 0 Å². The minimum atomic E-state index is 0. The molecule has 0 aliphatic carbocycles. The van der Waals surface area contributed by atoms with Gasteiger partial charge in [0.25, 0.3) is 0 Å². The van der Waals surface area contributed by atoms with Crippen molar-refractivity contribution in [1.82, 2.24) is 0 Å². The average Bonchev–Trinajstić information content (AvgIpc) is 2.53. The summed E-state index contributed by atoms with van der Waals surface area (Å²) < 4.78 is 0. The number of hydrogen-bond acceptors (Lipinski definition) is 0. The van der Waals surface area contributed by atoms with Crippen molar-refractivity contribution in [1.29, 1.82) is 0 Å². The molecule has 20 heavy (non-hydrogen) atoms. The van der Waals surface area contributed by atoms with Crippen molar-refractivity contribution < 1.29 is 19.8 Å². The van der Waals surface area contributed by atoms with Gasteiger partial charge in [-0.05, 0) is 0 Å². The molecular weight excluding hydrogens is 418 g/mol. The van der Waals surface area contributed by atoms with E-state index in [1.165, 1.54) is 5.56 Å². The van der Waals surface area contributed by atoms with Crippen molar-refractivity contribution in [2.45, 2.75) is 6.92 Å². The van der Waals surface area contributed by atoms with Crippen LogP contribution in [-0.4, -0.2) is 0 Å². The Kier molecular flexibility index (Phi) is 12.6. The minimum absolute atomic E-state index is 0. The summed E-state index contributed by atoms with van der Waals surface area (Å²) in [5, 5.41) is 0. The second-order valence-electron chi connectivity index (χ2n) is 3.73. The van der Waals surface area contributed by atoms with E-state index in [-0.39, 0.29) is 19.8 Å². The van der Waals surface area contributed by atoms with E-state index in [2.05, 4.69) is 25.1 Å². The summed E-state index contributed by atoms with van der Waals surface area (Å²) in [6.45, 7) is 2.06. The molecule has 0 aliphatic rings. The molecule has 0 nitrogen and oxygen atoms in total. The summed E-state index contributed by atoms with van der Waals surface area (Å²) in [5.41, 5.74) is 1.29. The van der Waals surface area contributed by atoms with Crippen LogP contribution in [0.3, 0.4) is 0 Å². The second-order valence-corrected chi connectivity index (χ2v) is 3.73. The Morgan fingerprint density at radius 3 is 1.05 bits per heavy atom. The number of aryl methyl sites for hydroxylation is 1. The van der Waals surface area contributed by atoms with Crippen molar-refractivity contribution in [3.63, 3.8) is 0 Å². The Morgan fingerprint density at radius 2 is 0.900 bits per heavy atom. The van der Waals surface area contributed by atoms with Gasteiger partial charge in [-0.1, -0.05) is 6.92 Å². The molecule has 0 N–H and O–H groups in total. The van der Waals surface area contributed by atoms with Crippen LogP contribution in [0.1, 0.15) is 5.56 Å². The third kappa shape index (κ3) is 11.4. The van der Waals surface area contributed by atoms with Crippen LogP contribution in [0.15, 0.2) is 84.9 Å². The zero-order valence-electron chi connectivity index (χ0n) is 11.4. The largest absolute Gasteiger partial charge is 0.184 e. The average molecular weight is 436 g/mol. The summed E-state index contributed by atoms with van der Waals surface area (Å²) in [7, 11) is 0. The Labute approximate surface area is 135 Å². The molecule has 0 saturated carbocycles. The quantitative estimate of drug-likeness (QED) is 0.447. The Hall–Kier alpha value is -1.70. The van der Waals surface area contributed by atoms with Crippen LogP contribution in [0.2, 0.25) is 0 Å². The normalized spacial score (nSPS) is 7.85. The molecule has 3 aromatic rings. The number of benzene rings is 3. The van der Waals surface area contributed by atoms with Crippen LogP contribution in [0.5, 0.6) is 0 Å². The molecule has 0 spiro atoms. The molecular formula is C19H17Os-3. The zero-order chi connectivity index (χ0) is 13.6. The Balaban J connectivity index is 0.000000265. The maximum atomic E-state index is 2.93. The van der Waals surface area contributed by atoms with Gasteiger partial charge in [-0.15, -0.1) is 0 Å². The molecule has 0 aromatic heterocycles. The maximum Gasteiger partial charge on any atom is 0 e. The van der Waals surface area contributed by atoms with E-state index in [1.54, 1.807) is 0 Å². The molecule has 3 aromatic carbocycles. The smallest absolute Gasteiger partial charge is 0 e. The standard InChI is InChI=1S/C7H7.2C6H5.Os/c1-7-5-3-2-4-6-7;2*1-2-4-6-5-3-1;/h3-6H,1H3;2*1-5H;/q3*-1;. The fourth-order valence-electron chi connectivity index (χ4n) is 1.15. The van der Waals surface area contributed by atoms with Gasteiger partial charge in [0.2, 0.25) is 0 Å². The first-order valence-corrected chi connectivity index (χ1v) is 6.14. The van der Waals surface area contributed by atoms with Crippen LogP contribution in [0.4, 0.5) is 0 Å². The first-order chi connectivity index (χ1) is 9.39. The Morgan fingerprint density at radius 1 is 0.550 bits per heavy atom. The first kappa shape index (κ1) is 18.3. The van der Waals surface area contributed by atoms with Gasteiger partial charge in [-0.3, -0.25) is 0 Å². The Bertz CT molecular complexity index is 407. The summed E-state index contributed by atoms with van der Waals surface area (Å²) in [6.07, 6.45) is 0. The fourth-order valence-corrected chi connectivity index (χ4v) is 1.15. The molecule has 1 heteroatoms. The molecule has 0 aliphatic heterocycles. The number of rotatable bonds is 0. The zero-order valence-corrected chi connectivity index (χ0v) is 14.0. The predicted molar refractivity (Wildman–Crippen MR) is 80.6 cm³/mol. The van der Waals surface area contributed by atoms with E-state index >= 15 is 0 Å². The molecule has 0 unspecified atom stereocenters. The molecule has 0 bridgehead atoms. The molecule has 0 atom stereocenters. The van der Waals surface area contributed by atoms with E-state index in [0.29, 0.717) is 0 Å². The monoisotopic (exact) mass is 437 g/mol. The minimum Gasteiger partial charge on any atom is -0.184 e. The van der Waals surface area contributed by atoms with Gasteiger partial charge in [0.1, 0.15) is 0 Å². The van der Waals surface area contributed by atoms with Crippen LogP contribution in [-0.2, 0) is 19.8 Å². The fraction of sp³-hybridized carbons (Fsp3) is 0.0526. The number of hydrogen-bond donors (Lipinski definition) is 0. The summed E-state index contributed by atoms with van der Waals surface area (Å²) in [5.74, 6) is 0. The molecule has 0 fully saturated rings.